The van der Waals surface area contributed by atoms with Crippen LogP contribution < -0.4 is 5.32 Å². The van der Waals surface area contributed by atoms with Gasteiger partial charge in [0.1, 0.15) is 5.82 Å². The first-order chi connectivity index (χ1) is 12.9. The molecule has 1 aliphatic carbocycles. The molecule has 6 nitrogen and oxygen atoms in total. The van der Waals surface area contributed by atoms with Crippen molar-refractivity contribution in [2.45, 2.75) is 43.5 Å². The molecule has 1 aromatic rings. The second-order valence-electron chi connectivity index (χ2n) is 7.57. The maximum Gasteiger partial charge on any atom is 0.243 e. The number of rotatable bonds is 5. The molecular formula is C19H28FN3O3S. The number of hydrogen-bond donors (Lipinski definition) is 1. The van der Waals surface area contributed by atoms with Crippen molar-refractivity contribution in [3.63, 3.8) is 0 Å². The smallest absolute Gasteiger partial charge is 0.243 e. The molecule has 2 unspecified atom stereocenters. The van der Waals surface area contributed by atoms with Crippen LogP contribution in [0.25, 0.3) is 0 Å². The number of hydrogen-bond acceptors (Lipinski definition) is 4. The Morgan fingerprint density at radius 2 is 1.74 bits per heavy atom. The number of nitrogens with zero attached hydrogens (tertiary/aromatic N) is 2. The molecule has 27 heavy (non-hydrogen) atoms. The number of halogens is 1. The zero-order valence-electron chi connectivity index (χ0n) is 15.7. The van der Waals surface area contributed by atoms with Crippen LogP contribution in [0.15, 0.2) is 29.2 Å². The Balaban J connectivity index is 1.49. The number of carbonyl (C=O) groups excluding carboxylic acids is 1. The predicted octanol–water partition coefficient (Wildman–Crippen LogP) is 1.83. The van der Waals surface area contributed by atoms with Gasteiger partial charge in [0, 0.05) is 32.2 Å². The van der Waals surface area contributed by atoms with Gasteiger partial charge >= 0.3 is 0 Å². The maximum atomic E-state index is 13.0. The van der Waals surface area contributed by atoms with Gasteiger partial charge in [-0.1, -0.05) is 19.8 Å². The van der Waals surface area contributed by atoms with Crippen LogP contribution in [-0.2, 0) is 14.8 Å². The van der Waals surface area contributed by atoms with Gasteiger partial charge < -0.3 is 5.32 Å². The fourth-order valence-electron chi connectivity index (χ4n) is 3.87. The van der Waals surface area contributed by atoms with Crippen LogP contribution >= 0.6 is 0 Å². The van der Waals surface area contributed by atoms with Gasteiger partial charge in [0.05, 0.1) is 11.4 Å². The molecule has 1 saturated heterocycles. The summed E-state index contributed by atoms with van der Waals surface area (Å²) in [5.74, 6) is 0.0704. The minimum Gasteiger partial charge on any atom is -0.352 e. The average Bonchev–Trinajstić information content (AvgIpc) is 2.64. The van der Waals surface area contributed by atoms with Crippen LogP contribution in [0.4, 0.5) is 4.39 Å². The van der Waals surface area contributed by atoms with Gasteiger partial charge in [-0.25, -0.2) is 12.8 Å². The van der Waals surface area contributed by atoms with E-state index in [-0.39, 0.29) is 16.8 Å². The zero-order chi connectivity index (χ0) is 19.4. The molecule has 0 bridgehead atoms. The highest BCUT2D eigenvalue weighted by molar-refractivity contribution is 7.89. The van der Waals surface area contributed by atoms with Crippen molar-refractivity contribution in [1.82, 2.24) is 14.5 Å². The Bertz CT molecular complexity index is 746. The zero-order valence-corrected chi connectivity index (χ0v) is 16.5. The molecule has 1 aliphatic heterocycles. The van der Waals surface area contributed by atoms with E-state index in [1.54, 1.807) is 0 Å². The van der Waals surface area contributed by atoms with E-state index < -0.39 is 15.8 Å². The molecular weight excluding hydrogens is 369 g/mol. The van der Waals surface area contributed by atoms with Crippen LogP contribution in [0.1, 0.15) is 32.6 Å². The largest absolute Gasteiger partial charge is 0.352 e. The van der Waals surface area contributed by atoms with Crippen LogP contribution in [0.3, 0.4) is 0 Å². The van der Waals surface area contributed by atoms with E-state index in [1.165, 1.54) is 22.9 Å². The molecule has 150 valence electrons. The predicted molar refractivity (Wildman–Crippen MR) is 101 cm³/mol. The molecule has 0 aromatic heterocycles. The van der Waals surface area contributed by atoms with E-state index in [0.29, 0.717) is 38.6 Å². The van der Waals surface area contributed by atoms with E-state index in [0.717, 1.165) is 31.4 Å². The van der Waals surface area contributed by atoms with Crippen LogP contribution in [0.5, 0.6) is 0 Å². The third-order valence-corrected chi connectivity index (χ3v) is 7.52. The summed E-state index contributed by atoms with van der Waals surface area (Å²) in [4.78, 5) is 14.4. The molecule has 2 atom stereocenters. The monoisotopic (exact) mass is 397 g/mol. The van der Waals surface area contributed by atoms with Gasteiger partial charge in [0.15, 0.2) is 0 Å². The molecule has 0 radical (unpaired) electrons. The second kappa shape index (κ2) is 8.67. The van der Waals surface area contributed by atoms with E-state index in [1.807, 2.05) is 4.90 Å². The summed E-state index contributed by atoms with van der Waals surface area (Å²) in [5, 5.41) is 3.14. The highest BCUT2D eigenvalue weighted by atomic mass is 32.2. The van der Waals surface area contributed by atoms with Crippen molar-refractivity contribution in [3.8, 4) is 0 Å². The molecule has 1 aromatic carbocycles. The van der Waals surface area contributed by atoms with Crippen LogP contribution in [0, 0.1) is 11.7 Å². The summed E-state index contributed by atoms with van der Waals surface area (Å²) in [6, 6.07) is 5.14. The highest BCUT2D eigenvalue weighted by Crippen LogP contribution is 2.23. The standard InChI is InChI=1S/C19H28FN3O3S/c1-15-4-2-3-5-18(15)21-19(24)14-22-10-12-23(13-11-22)27(25,26)17-8-6-16(20)7-9-17/h6-9,15,18H,2-5,10-14H2,1H3,(H,21,24). The Morgan fingerprint density at radius 1 is 1.11 bits per heavy atom. The summed E-state index contributed by atoms with van der Waals surface area (Å²) in [6.07, 6.45) is 4.59. The first-order valence-corrected chi connectivity index (χ1v) is 11.1. The topological polar surface area (TPSA) is 69.7 Å². The third kappa shape index (κ3) is 5.06. The average molecular weight is 398 g/mol. The highest BCUT2D eigenvalue weighted by Gasteiger charge is 2.30. The molecule has 1 heterocycles. The Labute approximate surface area is 160 Å². The van der Waals surface area contributed by atoms with E-state index in [9.17, 15) is 17.6 Å². The first-order valence-electron chi connectivity index (χ1n) is 9.64. The lowest BCUT2D eigenvalue weighted by molar-refractivity contribution is -0.123. The Hall–Kier alpha value is -1.51. The number of sulfonamides is 1. The third-order valence-electron chi connectivity index (χ3n) is 5.61. The Kier molecular flexibility index (Phi) is 6.49. The lowest BCUT2D eigenvalue weighted by Crippen LogP contribution is -2.52. The fraction of sp³-hybridized carbons (Fsp3) is 0.632. The number of piperazine rings is 1. The molecule has 1 amide bonds. The molecule has 2 aliphatic rings. The van der Waals surface area contributed by atoms with Gasteiger partial charge in [0.2, 0.25) is 15.9 Å². The van der Waals surface area contributed by atoms with Crippen molar-refractivity contribution < 1.29 is 17.6 Å². The lowest BCUT2D eigenvalue weighted by Gasteiger charge is -2.34. The molecule has 0 spiro atoms. The van der Waals surface area contributed by atoms with E-state index >= 15 is 0 Å². The summed E-state index contributed by atoms with van der Waals surface area (Å²) in [6.45, 7) is 4.15. The van der Waals surface area contributed by atoms with Gasteiger partial charge in [-0.05, 0) is 43.0 Å². The number of amides is 1. The minimum absolute atomic E-state index is 0.0172. The van der Waals surface area contributed by atoms with Crippen molar-refractivity contribution in [1.29, 1.82) is 0 Å². The quantitative estimate of drug-likeness (QED) is 0.823. The lowest BCUT2D eigenvalue weighted by atomic mass is 9.86. The summed E-state index contributed by atoms with van der Waals surface area (Å²) < 4.78 is 39.7. The minimum atomic E-state index is -3.62. The number of nitrogens with one attached hydrogen (secondary N) is 1. The Morgan fingerprint density at radius 3 is 2.37 bits per heavy atom. The fourth-order valence-corrected chi connectivity index (χ4v) is 5.29. The maximum absolute atomic E-state index is 13.0. The summed E-state index contributed by atoms with van der Waals surface area (Å²) >= 11 is 0. The van der Waals surface area contributed by atoms with Gasteiger partial charge in [-0.15, -0.1) is 0 Å². The molecule has 2 fully saturated rings. The molecule has 8 heteroatoms. The van der Waals surface area contributed by atoms with E-state index in [4.69, 9.17) is 0 Å². The van der Waals surface area contributed by atoms with Gasteiger partial charge in [0.25, 0.3) is 0 Å². The summed E-state index contributed by atoms with van der Waals surface area (Å²) in [5.41, 5.74) is 0. The number of benzene rings is 1. The first kappa shape index (κ1) is 20.2. The molecule has 1 N–H and O–H groups in total. The van der Waals surface area contributed by atoms with Gasteiger partial charge in [-0.2, -0.15) is 4.31 Å². The SMILES string of the molecule is CC1CCCCC1NC(=O)CN1CCN(S(=O)(=O)c2ccc(F)cc2)CC1. The van der Waals surface area contributed by atoms with Crippen molar-refractivity contribution in [3.05, 3.63) is 30.1 Å². The van der Waals surface area contributed by atoms with Gasteiger partial charge in [-0.3, -0.25) is 9.69 Å². The van der Waals surface area contributed by atoms with Crippen molar-refractivity contribution >= 4 is 15.9 Å². The van der Waals surface area contributed by atoms with Crippen LogP contribution in [-0.4, -0.2) is 62.3 Å². The summed E-state index contributed by atoms with van der Waals surface area (Å²) in [7, 11) is -3.62. The molecule has 3 rings (SSSR count). The van der Waals surface area contributed by atoms with Crippen molar-refractivity contribution in [2.24, 2.45) is 5.92 Å². The van der Waals surface area contributed by atoms with Crippen LogP contribution in [0.2, 0.25) is 0 Å². The number of carbonyl (C=O) groups is 1. The van der Waals surface area contributed by atoms with E-state index in [2.05, 4.69) is 12.2 Å². The molecule has 1 saturated carbocycles. The normalized spacial score (nSPS) is 25.3. The second-order valence-corrected chi connectivity index (χ2v) is 9.51. The van der Waals surface area contributed by atoms with Crippen molar-refractivity contribution in [2.75, 3.05) is 32.7 Å².